The average molecular weight is 208 g/mol. The fraction of sp³-hybridized carbons (Fsp3) is 0.400. The molecule has 0 aliphatic rings. The molecule has 0 saturated heterocycles. The molecule has 1 amide bonds. The van der Waals surface area contributed by atoms with E-state index in [4.69, 9.17) is 0 Å². The predicted octanol–water partition coefficient (Wildman–Crippen LogP) is 1.13. The van der Waals surface area contributed by atoms with Crippen molar-refractivity contribution in [2.24, 2.45) is 0 Å². The lowest BCUT2D eigenvalue weighted by Crippen LogP contribution is -2.23. The molecule has 0 saturated carbocycles. The van der Waals surface area contributed by atoms with E-state index in [-0.39, 0.29) is 5.91 Å². The van der Waals surface area contributed by atoms with E-state index >= 15 is 0 Å². The Bertz CT molecular complexity index is 373. The molecule has 0 aliphatic heterocycles. The first-order valence-electron chi connectivity index (χ1n) is 4.34. The molecule has 3 nitrogen and oxygen atoms in total. The lowest BCUT2D eigenvalue weighted by molar-refractivity contribution is -0.115. The maximum Gasteiger partial charge on any atom is 0.295 e. The smallest absolute Gasteiger partial charge is 0.295 e. The Morgan fingerprint density at radius 3 is 3.07 bits per heavy atom. The topological polar surface area (TPSA) is 42.0 Å². The number of carbonyl (C=O) groups excluding carboxylic acids is 1. The van der Waals surface area contributed by atoms with E-state index in [1.807, 2.05) is 12.3 Å². The van der Waals surface area contributed by atoms with Crippen molar-refractivity contribution in [3.63, 3.8) is 0 Å². The third-order valence-electron chi connectivity index (χ3n) is 1.57. The molecule has 0 aliphatic carbocycles. The zero-order valence-electron chi connectivity index (χ0n) is 8.26. The van der Waals surface area contributed by atoms with Gasteiger partial charge in [-0.1, -0.05) is 5.92 Å². The van der Waals surface area contributed by atoms with Crippen LogP contribution in [0.3, 0.4) is 0 Å². The summed E-state index contributed by atoms with van der Waals surface area (Å²) in [7, 11) is 0. The lowest BCUT2D eigenvalue weighted by Gasteiger charge is -1.97. The van der Waals surface area contributed by atoms with Crippen molar-refractivity contribution in [1.82, 2.24) is 10.3 Å². The quantitative estimate of drug-likeness (QED) is 0.757. The molecule has 0 atom stereocenters. The van der Waals surface area contributed by atoms with Gasteiger partial charge in [-0.2, -0.15) is 0 Å². The highest BCUT2D eigenvalue weighted by atomic mass is 32.1. The van der Waals surface area contributed by atoms with Crippen LogP contribution in [0.4, 0.5) is 0 Å². The second-order valence-corrected chi connectivity index (χ2v) is 3.80. The molecule has 1 aromatic rings. The van der Waals surface area contributed by atoms with Gasteiger partial charge in [0.2, 0.25) is 0 Å². The molecule has 4 heteroatoms. The van der Waals surface area contributed by atoms with Crippen LogP contribution in [0, 0.1) is 18.8 Å². The van der Waals surface area contributed by atoms with Crippen LogP contribution in [0.5, 0.6) is 0 Å². The largest absolute Gasteiger partial charge is 0.345 e. The first-order chi connectivity index (χ1) is 6.72. The maximum absolute atomic E-state index is 10.9. The van der Waals surface area contributed by atoms with E-state index in [2.05, 4.69) is 22.1 Å². The molecule has 0 radical (unpaired) electrons. The van der Waals surface area contributed by atoms with Crippen molar-refractivity contribution < 1.29 is 4.79 Å². The molecule has 0 unspecified atom stereocenters. The summed E-state index contributed by atoms with van der Waals surface area (Å²) < 4.78 is 0. The molecular formula is C10H12N2OS. The van der Waals surface area contributed by atoms with Crippen LogP contribution in [-0.4, -0.2) is 17.4 Å². The van der Waals surface area contributed by atoms with Crippen LogP contribution >= 0.6 is 11.3 Å². The number of rotatable bonds is 3. The number of aromatic nitrogens is 1. The minimum atomic E-state index is -0.223. The first kappa shape index (κ1) is 10.7. The van der Waals surface area contributed by atoms with Crippen molar-refractivity contribution in [3.05, 3.63) is 16.1 Å². The third kappa shape index (κ3) is 3.58. The highest BCUT2D eigenvalue weighted by Crippen LogP contribution is 2.07. The molecule has 0 aromatic carbocycles. The Kier molecular flexibility index (Phi) is 4.14. The monoisotopic (exact) mass is 208 g/mol. The second-order valence-electron chi connectivity index (χ2n) is 2.74. The average Bonchev–Trinajstić information content (AvgIpc) is 2.52. The van der Waals surface area contributed by atoms with Gasteiger partial charge in [0.25, 0.3) is 5.91 Å². The summed E-state index contributed by atoms with van der Waals surface area (Å²) in [5.74, 6) is 4.74. The number of nitrogens with one attached hydrogen (secondary N) is 1. The van der Waals surface area contributed by atoms with Crippen molar-refractivity contribution in [1.29, 1.82) is 0 Å². The number of hydrogen-bond donors (Lipinski definition) is 1. The number of hydrogen-bond acceptors (Lipinski definition) is 3. The molecule has 74 valence electrons. The van der Waals surface area contributed by atoms with Gasteiger partial charge in [-0.05, 0) is 19.8 Å². The zero-order valence-corrected chi connectivity index (χ0v) is 9.07. The molecule has 0 spiro atoms. The Labute approximate surface area is 87.6 Å². The molecule has 14 heavy (non-hydrogen) atoms. The molecule has 1 heterocycles. The minimum absolute atomic E-state index is 0.223. The van der Waals surface area contributed by atoms with E-state index in [1.54, 1.807) is 18.3 Å². The summed E-state index contributed by atoms with van der Waals surface area (Å²) in [6.07, 6.45) is 0.765. The summed E-state index contributed by atoms with van der Waals surface area (Å²) in [6, 6.07) is 0. The number of thiazole rings is 1. The van der Waals surface area contributed by atoms with E-state index in [0.29, 0.717) is 6.54 Å². The van der Waals surface area contributed by atoms with E-state index in [0.717, 1.165) is 17.1 Å². The predicted molar refractivity (Wildman–Crippen MR) is 57.0 cm³/mol. The van der Waals surface area contributed by atoms with Crippen LogP contribution in [0.25, 0.3) is 0 Å². The normalized spacial score (nSPS) is 9.00. The van der Waals surface area contributed by atoms with E-state index in [1.165, 1.54) is 0 Å². The second kappa shape index (κ2) is 5.40. The first-order valence-corrected chi connectivity index (χ1v) is 5.22. The van der Waals surface area contributed by atoms with Gasteiger partial charge in [-0.15, -0.1) is 11.3 Å². The van der Waals surface area contributed by atoms with Crippen LogP contribution in [0.15, 0.2) is 5.38 Å². The number of amides is 1. The molecule has 1 rings (SSSR count). The van der Waals surface area contributed by atoms with Crippen molar-refractivity contribution in [2.45, 2.75) is 20.3 Å². The Morgan fingerprint density at radius 1 is 1.71 bits per heavy atom. The summed E-state index contributed by atoms with van der Waals surface area (Å²) in [5.41, 5.74) is 1.03. The van der Waals surface area contributed by atoms with Gasteiger partial charge in [0.1, 0.15) is 0 Å². The van der Waals surface area contributed by atoms with Gasteiger partial charge in [0.15, 0.2) is 0 Å². The SMILES string of the molecule is CC#CC(=O)NCCc1csc(C)n1. The van der Waals surface area contributed by atoms with E-state index < -0.39 is 0 Å². The van der Waals surface area contributed by atoms with Crippen molar-refractivity contribution in [3.8, 4) is 11.8 Å². The number of aryl methyl sites for hydroxylation is 1. The van der Waals surface area contributed by atoms with Crippen LogP contribution in [-0.2, 0) is 11.2 Å². The fourth-order valence-electron chi connectivity index (χ4n) is 0.985. The van der Waals surface area contributed by atoms with Gasteiger partial charge < -0.3 is 5.32 Å². The van der Waals surface area contributed by atoms with Crippen molar-refractivity contribution >= 4 is 17.2 Å². The summed E-state index contributed by atoms with van der Waals surface area (Å²) in [4.78, 5) is 15.2. The molecular weight excluding hydrogens is 196 g/mol. The summed E-state index contributed by atoms with van der Waals surface area (Å²) >= 11 is 1.62. The summed E-state index contributed by atoms with van der Waals surface area (Å²) in [6.45, 7) is 4.20. The maximum atomic E-state index is 10.9. The fourth-order valence-corrected chi connectivity index (χ4v) is 1.63. The van der Waals surface area contributed by atoms with Crippen LogP contribution < -0.4 is 5.32 Å². The minimum Gasteiger partial charge on any atom is -0.345 e. The number of nitrogens with zero attached hydrogens (tertiary/aromatic N) is 1. The molecule has 1 N–H and O–H groups in total. The molecule has 0 bridgehead atoms. The molecule has 1 aromatic heterocycles. The Morgan fingerprint density at radius 2 is 2.50 bits per heavy atom. The van der Waals surface area contributed by atoms with Gasteiger partial charge >= 0.3 is 0 Å². The molecule has 0 fully saturated rings. The van der Waals surface area contributed by atoms with Gasteiger partial charge in [0, 0.05) is 18.3 Å². The highest BCUT2D eigenvalue weighted by molar-refractivity contribution is 7.09. The van der Waals surface area contributed by atoms with Gasteiger partial charge in [-0.25, -0.2) is 4.98 Å². The standard InChI is InChI=1S/C10H12N2OS/c1-3-4-10(13)11-6-5-9-7-14-8(2)12-9/h7H,5-6H2,1-2H3,(H,11,13). The zero-order chi connectivity index (χ0) is 10.4. The number of carbonyl (C=O) groups is 1. The Hall–Kier alpha value is -1.34. The van der Waals surface area contributed by atoms with E-state index in [9.17, 15) is 4.79 Å². The third-order valence-corrected chi connectivity index (χ3v) is 2.39. The van der Waals surface area contributed by atoms with Crippen molar-refractivity contribution in [2.75, 3.05) is 6.54 Å². The highest BCUT2D eigenvalue weighted by Gasteiger charge is 1.99. The Balaban J connectivity index is 2.27. The van der Waals surface area contributed by atoms with Gasteiger partial charge in [-0.3, -0.25) is 4.79 Å². The lowest BCUT2D eigenvalue weighted by atomic mass is 10.3. The summed E-state index contributed by atoms with van der Waals surface area (Å²) in [5, 5.41) is 5.76. The van der Waals surface area contributed by atoms with Crippen LogP contribution in [0.2, 0.25) is 0 Å². The van der Waals surface area contributed by atoms with Crippen LogP contribution in [0.1, 0.15) is 17.6 Å². The van der Waals surface area contributed by atoms with Gasteiger partial charge in [0.05, 0.1) is 10.7 Å².